The molecule has 66 valence electrons. The van der Waals surface area contributed by atoms with Gasteiger partial charge in [0.1, 0.15) is 0 Å². The summed E-state index contributed by atoms with van der Waals surface area (Å²) < 4.78 is 1.09. The highest BCUT2D eigenvalue weighted by Gasteiger charge is 2.20. The molecule has 1 heterocycles. The molecule has 0 unspecified atom stereocenters. The summed E-state index contributed by atoms with van der Waals surface area (Å²) in [5.41, 5.74) is 1.10. The molecule has 12 heavy (non-hydrogen) atoms. The van der Waals surface area contributed by atoms with Gasteiger partial charge in [-0.2, -0.15) is 0 Å². The molecule has 1 aromatic heterocycles. The summed E-state index contributed by atoms with van der Waals surface area (Å²) in [6.07, 6.45) is 5.43. The Bertz CT molecular complexity index is 255. The molecule has 0 bridgehead atoms. The van der Waals surface area contributed by atoms with Crippen LogP contribution in [0.15, 0.2) is 4.21 Å². The number of hydrogen-bond acceptors (Lipinski definition) is 3. The van der Waals surface area contributed by atoms with E-state index in [9.17, 15) is 0 Å². The van der Waals surface area contributed by atoms with Gasteiger partial charge < -0.3 is 0 Å². The van der Waals surface area contributed by atoms with Gasteiger partial charge in [-0.3, -0.25) is 0 Å². The van der Waals surface area contributed by atoms with Gasteiger partial charge in [-0.05, 0) is 19.8 Å². The zero-order chi connectivity index (χ0) is 8.55. The minimum absolute atomic E-state index is 0.745. The van der Waals surface area contributed by atoms with Crippen molar-refractivity contribution in [3.63, 3.8) is 0 Å². The molecule has 0 radical (unpaired) electrons. The van der Waals surface area contributed by atoms with Crippen molar-refractivity contribution in [3.05, 3.63) is 10.7 Å². The van der Waals surface area contributed by atoms with E-state index in [1.165, 1.54) is 30.7 Å². The average Bonchev–Trinajstić information content (AvgIpc) is 2.61. The van der Waals surface area contributed by atoms with Gasteiger partial charge in [0.15, 0.2) is 0 Å². The number of aryl methyl sites for hydroxylation is 1. The lowest BCUT2D eigenvalue weighted by Crippen LogP contribution is -1.90. The Balaban J connectivity index is 2.21. The van der Waals surface area contributed by atoms with Crippen molar-refractivity contribution in [2.75, 3.05) is 0 Å². The van der Waals surface area contributed by atoms with E-state index in [4.69, 9.17) is 0 Å². The third-order valence-electron chi connectivity index (χ3n) is 2.49. The van der Waals surface area contributed by atoms with E-state index < -0.39 is 0 Å². The maximum atomic E-state index is 4.53. The molecule has 1 aliphatic carbocycles. The van der Waals surface area contributed by atoms with Crippen LogP contribution in [0.4, 0.5) is 0 Å². The quantitative estimate of drug-likeness (QED) is 0.684. The summed E-state index contributed by atoms with van der Waals surface area (Å²) >= 11 is 6.13. The van der Waals surface area contributed by atoms with Crippen molar-refractivity contribution in [3.8, 4) is 0 Å². The molecule has 1 fully saturated rings. The van der Waals surface area contributed by atoms with Crippen molar-refractivity contribution < 1.29 is 0 Å². The zero-order valence-corrected chi connectivity index (χ0v) is 8.92. The molecule has 3 heteroatoms. The molecule has 1 aliphatic rings. The van der Waals surface area contributed by atoms with Crippen LogP contribution >= 0.6 is 24.0 Å². The molecule has 1 saturated carbocycles. The Kier molecular flexibility index (Phi) is 2.42. The van der Waals surface area contributed by atoms with Crippen molar-refractivity contribution in [2.24, 2.45) is 0 Å². The Hall–Kier alpha value is -0.0200. The molecule has 1 aromatic rings. The third-order valence-corrected chi connectivity index (χ3v) is 4.21. The summed E-state index contributed by atoms with van der Waals surface area (Å²) in [6.45, 7) is 2.04. The first-order valence-corrected chi connectivity index (χ1v) is 5.70. The minimum Gasteiger partial charge on any atom is -0.245 e. The van der Waals surface area contributed by atoms with Gasteiger partial charge in [0.05, 0.1) is 14.9 Å². The number of thiol groups is 1. The van der Waals surface area contributed by atoms with Crippen LogP contribution in [-0.4, -0.2) is 4.98 Å². The Morgan fingerprint density at radius 2 is 2.08 bits per heavy atom. The second kappa shape index (κ2) is 3.38. The van der Waals surface area contributed by atoms with Gasteiger partial charge in [0.2, 0.25) is 0 Å². The molecule has 0 aliphatic heterocycles. The topological polar surface area (TPSA) is 12.9 Å². The average molecular weight is 199 g/mol. The second-order valence-corrected chi connectivity index (χ2v) is 5.20. The number of aromatic nitrogens is 1. The lowest BCUT2D eigenvalue weighted by Gasteiger charge is -2.01. The van der Waals surface area contributed by atoms with Crippen molar-refractivity contribution in [1.82, 2.24) is 4.98 Å². The lowest BCUT2D eigenvalue weighted by molar-refractivity contribution is 0.714. The van der Waals surface area contributed by atoms with Gasteiger partial charge in [-0.25, -0.2) is 4.98 Å². The highest BCUT2D eigenvalue weighted by molar-refractivity contribution is 7.82. The lowest BCUT2D eigenvalue weighted by atomic mass is 10.1. The van der Waals surface area contributed by atoms with E-state index in [2.05, 4.69) is 17.6 Å². The van der Waals surface area contributed by atoms with Gasteiger partial charge in [-0.1, -0.05) is 12.8 Å². The van der Waals surface area contributed by atoms with E-state index >= 15 is 0 Å². The molecule has 0 N–H and O–H groups in total. The van der Waals surface area contributed by atoms with E-state index in [1.807, 2.05) is 6.92 Å². The van der Waals surface area contributed by atoms with Crippen LogP contribution < -0.4 is 0 Å². The molecular weight excluding hydrogens is 186 g/mol. The van der Waals surface area contributed by atoms with Crippen molar-refractivity contribution >= 4 is 24.0 Å². The summed E-state index contributed by atoms with van der Waals surface area (Å²) in [5, 5.41) is 1.31. The van der Waals surface area contributed by atoms with Crippen LogP contribution in [0, 0.1) is 6.92 Å². The van der Waals surface area contributed by atoms with Crippen LogP contribution in [0.25, 0.3) is 0 Å². The molecule has 0 amide bonds. The number of thiazole rings is 1. The van der Waals surface area contributed by atoms with Crippen LogP contribution in [0.2, 0.25) is 0 Å². The van der Waals surface area contributed by atoms with Crippen LogP contribution in [0.3, 0.4) is 0 Å². The highest BCUT2D eigenvalue weighted by atomic mass is 32.2. The summed E-state index contributed by atoms with van der Waals surface area (Å²) in [4.78, 5) is 4.53. The van der Waals surface area contributed by atoms with Crippen LogP contribution in [0.5, 0.6) is 0 Å². The molecular formula is C9H13NS2. The van der Waals surface area contributed by atoms with Crippen LogP contribution in [-0.2, 0) is 0 Å². The maximum Gasteiger partial charge on any atom is 0.0970 e. The fourth-order valence-electron chi connectivity index (χ4n) is 1.76. The summed E-state index contributed by atoms with van der Waals surface area (Å²) in [7, 11) is 0. The first-order chi connectivity index (χ1) is 5.77. The Labute approximate surface area is 82.6 Å². The maximum absolute atomic E-state index is 4.53. The zero-order valence-electron chi connectivity index (χ0n) is 7.21. The molecule has 0 atom stereocenters. The van der Waals surface area contributed by atoms with Gasteiger partial charge in [0, 0.05) is 5.92 Å². The Morgan fingerprint density at radius 1 is 1.42 bits per heavy atom. The van der Waals surface area contributed by atoms with Crippen molar-refractivity contribution in [2.45, 2.75) is 42.7 Å². The molecule has 0 spiro atoms. The first-order valence-electron chi connectivity index (χ1n) is 4.43. The minimum atomic E-state index is 0.745. The fourth-order valence-corrected chi connectivity index (χ4v) is 3.06. The molecule has 0 aromatic carbocycles. The van der Waals surface area contributed by atoms with Gasteiger partial charge in [0.25, 0.3) is 0 Å². The predicted molar refractivity (Wildman–Crippen MR) is 55.3 cm³/mol. The largest absolute Gasteiger partial charge is 0.245 e. The van der Waals surface area contributed by atoms with E-state index in [1.54, 1.807) is 11.3 Å². The monoisotopic (exact) mass is 199 g/mol. The number of rotatable bonds is 1. The SMILES string of the molecule is Cc1nc(C2CCCC2)sc1S. The van der Waals surface area contributed by atoms with E-state index in [0.717, 1.165) is 15.8 Å². The van der Waals surface area contributed by atoms with Crippen LogP contribution in [0.1, 0.15) is 42.3 Å². The predicted octanol–water partition coefficient (Wildman–Crippen LogP) is 3.40. The summed E-state index contributed by atoms with van der Waals surface area (Å²) in [5.74, 6) is 0.745. The van der Waals surface area contributed by atoms with E-state index in [-0.39, 0.29) is 0 Å². The number of nitrogens with zero attached hydrogens (tertiary/aromatic N) is 1. The Morgan fingerprint density at radius 3 is 2.58 bits per heavy atom. The second-order valence-electron chi connectivity index (χ2n) is 3.42. The normalized spacial score (nSPS) is 18.8. The fraction of sp³-hybridized carbons (Fsp3) is 0.667. The summed E-state index contributed by atoms with van der Waals surface area (Å²) in [6, 6.07) is 0. The third kappa shape index (κ3) is 1.52. The molecule has 1 nitrogen and oxygen atoms in total. The highest BCUT2D eigenvalue weighted by Crippen LogP contribution is 2.37. The first kappa shape index (κ1) is 8.57. The molecule has 2 rings (SSSR count). The smallest absolute Gasteiger partial charge is 0.0970 e. The van der Waals surface area contributed by atoms with Crippen molar-refractivity contribution in [1.29, 1.82) is 0 Å². The van der Waals surface area contributed by atoms with Gasteiger partial charge >= 0.3 is 0 Å². The standard InChI is InChI=1S/C9H13NS2/c1-6-9(11)12-8(10-6)7-4-2-3-5-7/h7,11H,2-5H2,1H3. The molecule has 0 saturated heterocycles. The van der Waals surface area contributed by atoms with Gasteiger partial charge in [-0.15, -0.1) is 24.0 Å². The number of hydrogen-bond donors (Lipinski definition) is 1. The van der Waals surface area contributed by atoms with E-state index in [0.29, 0.717) is 0 Å².